The van der Waals surface area contributed by atoms with E-state index in [2.05, 4.69) is 20.4 Å². The van der Waals surface area contributed by atoms with Crippen LogP contribution in [0.15, 0.2) is 12.7 Å². The highest BCUT2D eigenvalue weighted by molar-refractivity contribution is 8.02. The predicted molar refractivity (Wildman–Crippen MR) is 130 cm³/mol. The van der Waals surface area contributed by atoms with E-state index in [1.54, 1.807) is 27.6 Å². The molecule has 0 aromatic heterocycles. The van der Waals surface area contributed by atoms with E-state index in [0.717, 1.165) is 12.8 Å². The molecule has 7 nitrogen and oxygen atoms in total. The van der Waals surface area contributed by atoms with Gasteiger partial charge in [-0.25, -0.2) is 0 Å². The van der Waals surface area contributed by atoms with E-state index >= 15 is 0 Å². The van der Waals surface area contributed by atoms with Crippen molar-refractivity contribution in [1.29, 1.82) is 0 Å². The summed E-state index contributed by atoms with van der Waals surface area (Å²) in [6, 6.07) is -1.32. The van der Waals surface area contributed by atoms with Gasteiger partial charge in [0.15, 0.2) is 0 Å². The summed E-state index contributed by atoms with van der Waals surface area (Å²) in [7, 11) is 0. The van der Waals surface area contributed by atoms with Crippen molar-refractivity contribution in [3.05, 3.63) is 12.7 Å². The highest BCUT2D eigenvalue weighted by Crippen LogP contribution is 2.69. The zero-order chi connectivity index (χ0) is 24.7. The van der Waals surface area contributed by atoms with Crippen LogP contribution in [0.1, 0.15) is 60.3 Å². The van der Waals surface area contributed by atoms with Gasteiger partial charge in [-0.1, -0.05) is 40.2 Å². The average Bonchev–Trinajstić information content (AvgIpc) is 3.33. The number of amides is 2. The van der Waals surface area contributed by atoms with Crippen molar-refractivity contribution in [2.75, 3.05) is 13.2 Å². The van der Waals surface area contributed by atoms with Crippen LogP contribution in [0.5, 0.6) is 0 Å². The van der Waals surface area contributed by atoms with Crippen LogP contribution < -0.4 is 0 Å². The van der Waals surface area contributed by atoms with Crippen molar-refractivity contribution in [2.45, 2.75) is 88.4 Å². The molecule has 3 saturated heterocycles. The van der Waals surface area contributed by atoms with Crippen LogP contribution in [0.3, 0.4) is 0 Å². The van der Waals surface area contributed by atoms with Gasteiger partial charge in [-0.05, 0) is 38.0 Å². The number of aliphatic hydroxyl groups excluding tert-OH is 1. The van der Waals surface area contributed by atoms with Crippen molar-refractivity contribution in [2.24, 2.45) is 23.7 Å². The molecule has 0 aromatic carbocycles. The molecule has 3 heterocycles. The normalized spacial score (nSPS) is 34.5. The molecule has 1 spiro atoms. The Bertz CT molecular complexity index is 789. The summed E-state index contributed by atoms with van der Waals surface area (Å²) in [6.07, 6.45) is 4.70. The molecular formula is C25H40N2O5S. The maximum Gasteiger partial charge on any atom is 0.308 e. The number of nitrogens with zero attached hydrogens (tertiary/aromatic N) is 2. The van der Waals surface area contributed by atoms with E-state index in [9.17, 15) is 24.6 Å². The number of carbonyl (C=O) groups excluding carboxylic acids is 2. The first-order valence-electron chi connectivity index (χ1n) is 12.3. The molecule has 0 saturated carbocycles. The Balaban J connectivity index is 2.14. The number of likely N-dealkylation sites (tertiary alicyclic amines) is 1. The van der Waals surface area contributed by atoms with Crippen LogP contribution in [0.4, 0.5) is 0 Å². The SMILES string of the molecule is C=CCN(C(=O)C1N([C@@H](CO)CC(C)C)C(=O)[C@@H]2[C@H](C(=O)O)[C@@H]3CC(C)C12S3)C(C)CCC. The smallest absolute Gasteiger partial charge is 0.308 e. The van der Waals surface area contributed by atoms with E-state index in [4.69, 9.17) is 0 Å². The first-order chi connectivity index (χ1) is 15.6. The molecule has 4 unspecified atom stereocenters. The monoisotopic (exact) mass is 480 g/mol. The maximum atomic E-state index is 14.3. The number of hydrogen-bond donors (Lipinski definition) is 2. The Labute approximate surface area is 202 Å². The number of fused-ring (bicyclic) bond motifs is 1. The van der Waals surface area contributed by atoms with E-state index < -0.39 is 34.6 Å². The van der Waals surface area contributed by atoms with Crippen LogP contribution in [-0.4, -0.2) is 79.1 Å². The van der Waals surface area contributed by atoms with Gasteiger partial charge in [-0.2, -0.15) is 0 Å². The Morgan fingerprint density at radius 1 is 1.36 bits per heavy atom. The highest BCUT2D eigenvalue weighted by Gasteiger charge is 2.77. The Hall–Kier alpha value is -1.54. The first-order valence-corrected chi connectivity index (χ1v) is 13.2. The fraction of sp³-hybridized carbons (Fsp3) is 0.800. The second-order valence-electron chi connectivity index (χ2n) is 10.5. The first kappa shape index (κ1) is 26.1. The average molecular weight is 481 g/mol. The molecule has 2 amide bonds. The Kier molecular flexibility index (Phi) is 7.89. The van der Waals surface area contributed by atoms with Gasteiger partial charge in [0.05, 0.1) is 29.2 Å². The molecule has 8 heteroatoms. The maximum absolute atomic E-state index is 14.3. The lowest BCUT2D eigenvalue weighted by atomic mass is 9.66. The third kappa shape index (κ3) is 4.11. The van der Waals surface area contributed by atoms with Crippen molar-refractivity contribution < 1.29 is 24.6 Å². The van der Waals surface area contributed by atoms with Gasteiger partial charge in [0, 0.05) is 17.8 Å². The fourth-order valence-electron chi connectivity index (χ4n) is 6.59. The Morgan fingerprint density at radius 3 is 2.55 bits per heavy atom. The summed E-state index contributed by atoms with van der Waals surface area (Å²) < 4.78 is -0.780. The van der Waals surface area contributed by atoms with E-state index in [-0.39, 0.29) is 41.5 Å². The molecule has 3 aliphatic rings. The second-order valence-corrected chi connectivity index (χ2v) is 12.1. The molecule has 33 heavy (non-hydrogen) atoms. The molecule has 8 atom stereocenters. The van der Waals surface area contributed by atoms with Gasteiger partial charge in [-0.15, -0.1) is 18.3 Å². The third-order valence-corrected chi connectivity index (χ3v) is 9.97. The number of aliphatic carboxylic acids is 1. The minimum Gasteiger partial charge on any atom is -0.481 e. The minimum absolute atomic E-state index is 0.0280. The van der Waals surface area contributed by atoms with Gasteiger partial charge in [0.2, 0.25) is 11.8 Å². The lowest BCUT2D eigenvalue weighted by Crippen LogP contribution is -2.60. The van der Waals surface area contributed by atoms with E-state index in [1.807, 2.05) is 20.8 Å². The molecule has 0 radical (unpaired) electrons. The molecular weight excluding hydrogens is 440 g/mol. The summed E-state index contributed by atoms with van der Waals surface area (Å²) in [5, 5.41) is 20.2. The largest absolute Gasteiger partial charge is 0.481 e. The molecule has 3 rings (SSSR count). The molecule has 0 aliphatic carbocycles. The molecule has 0 aromatic rings. The molecule has 2 bridgehead atoms. The van der Waals surface area contributed by atoms with Crippen LogP contribution in [-0.2, 0) is 14.4 Å². The van der Waals surface area contributed by atoms with Gasteiger partial charge in [0.25, 0.3) is 0 Å². The third-order valence-electron chi connectivity index (χ3n) is 7.90. The van der Waals surface area contributed by atoms with Crippen molar-refractivity contribution >= 4 is 29.5 Å². The number of thioether (sulfide) groups is 1. The van der Waals surface area contributed by atoms with Gasteiger partial charge in [-0.3, -0.25) is 14.4 Å². The number of hydrogen-bond acceptors (Lipinski definition) is 5. The quantitative estimate of drug-likeness (QED) is 0.441. The van der Waals surface area contributed by atoms with Crippen LogP contribution in [0.2, 0.25) is 0 Å². The van der Waals surface area contributed by atoms with Crippen LogP contribution in [0, 0.1) is 23.7 Å². The zero-order valence-electron chi connectivity index (χ0n) is 20.6. The summed E-state index contributed by atoms with van der Waals surface area (Å²) in [5.74, 6) is -2.66. The summed E-state index contributed by atoms with van der Waals surface area (Å²) in [5.41, 5.74) is 0. The molecule has 3 fully saturated rings. The molecule has 2 N–H and O–H groups in total. The second kappa shape index (κ2) is 9.98. The molecule has 3 aliphatic heterocycles. The number of carboxylic acids is 1. The number of rotatable bonds is 11. The fourth-order valence-corrected chi connectivity index (χ4v) is 8.99. The zero-order valence-corrected chi connectivity index (χ0v) is 21.4. The topological polar surface area (TPSA) is 98.2 Å². The number of aliphatic hydroxyl groups is 1. The van der Waals surface area contributed by atoms with Crippen LogP contribution in [0.25, 0.3) is 0 Å². The lowest BCUT2D eigenvalue weighted by molar-refractivity contribution is -0.150. The van der Waals surface area contributed by atoms with E-state index in [1.165, 1.54) is 0 Å². The van der Waals surface area contributed by atoms with Gasteiger partial charge >= 0.3 is 5.97 Å². The van der Waals surface area contributed by atoms with Gasteiger partial charge in [0.1, 0.15) is 6.04 Å². The molecule has 186 valence electrons. The summed E-state index contributed by atoms with van der Waals surface area (Å²) in [4.78, 5) is 43.9. The predicted octanol–water partition coefficient (Wildman–Crippen LogP) is 3.02. The van der Waals surface area contributed by atoms with Crippen molar-refractivity contribution in [1.82, 2.24) is 9.80 Å². The summed E-state index contributed by atoms with van der Waals surface area (Å²) >= 11 is 1.55. The summed E-state index contributed by atoms with van der Waals surface area (Å²) in [6.45, 7) is 14.2. The van der Waals surface area contributed by atoms with Crippen molar-refractivity contribution in [3.8, 4) is 0 Å². The number of carboxylic acid groups (broad SMARTS) is 1. The Morgan fingerprint density at radius 2 is 2.03 bits per heavy atom. The minimum atomic E-state index is -0.959. The van der Waals surface area contributed by atoms with Gasteiger partial charge < -0.3 is 20.0 Å². The van der Waals surface area contributed by atoms with Crippen LogP contribution >= 0.6 is 11.8 Å². The number of carbonyl (C=O) groups is 3. The lowest BCUT2D eigenvalue weighted by Gasteiger charge is -2.43. The van der Waals surface area contributed by atoms with Crippen molar-refractivity contribution in [3.63, 3.8) is 0 Å². The highest BCUT2D eigenvalue weighted by atomic mass is 32.2. The standard InChI is InChI=1S/C25H40N2O5S/c1-7-9-16(6)26(10-8-2)23(30)21-25-15(5)12-18(33-25)19(24(31)32)20(25)22(29)27(21)17(13-28)11-14(3)4/h8,14-21,28H,2,7,9-13H2,1,3-6H3,(H,31,32)/t15?,16?,17-,18+,19-,20+,21?,25?/m1/s1. The van der Waals surface area contributed by atoms with E-state index in [0.29, 0.717) is 19.4 Å².